The molecule has 0 spiro atoms. The second kappa shape index (κ2) is 4.00. The Balaban J connectivity index is 2.06. The molecular formula is C12H16N4O. The molecule has 2 atom stereocenters. The smallest absolute Gasteiger partial charge is 0.202 e. The summed E-state index contributed by atoms with van der Waals surface area (Å²) in [5.41, 5.74) is 7.74. The number of fused-ring (bicyclic) bond motifs is 1. The van der Waals surface area contributed by atoms with Crippen molar-refractivity contribution in [3.05, 3.63) is 18.3 Å². The highest BCUT2D eigenvalue weighted by atomic mass is 16.5. The van der Waals surface area contributed by atoms with E-state index in [1.807, 2.05) is 16.7 Å². The molecule has 17 heavy (non-hydrogen) atoms. The molecule has 5 nitrogen and oxygen atoms in total. The van der Waals surface area contributed by atoms with Gasteiger partial charge >= 0.3 is 0 Å². The van der Waals surface area contributed by atoms with E-state index in [1.54, 1.807) is 6.20 Å². The highest BCUT2D eigenvalue weighted by Gasteiger charge is 2.24. The third-order valence-electron chi connectivity index (χ3n) is 3.30. The van der Waals surface area contributed by atoms with Gasteiger partial charge in [0.15, 0.2) is 5.65 Å². The van der Waals surface area contributed by atoms with Crippen molar-refractivity contribution in [1.82, 2.24) is 14.5 Å². The maximum absolute atomic E-state index is 6.00. The number of imidazole rings is 1. The molecule has 0 radical (unpaired) electrons. The Hall–Kier alpha value is -1.62. The summed E-state index contributed by atoms with van der Waals surface area (Å²) < 4.78 is 7.61. The Kier molecular flexibility index (Phi) is 2.48. The van der Waals surface area contributed by atoms with E-state index in [4.69, 9.17) is 10.5 Å². The van der Waals surface area contributed by atoms with Gasteiger partial charge in [-0.2, -0.15) is 0 Å². The highest BCUT2D eigenvalue weighted by Crippen LogP contribution is 2.30. The summed E-state index contributed by atoms with van der Waals surface area (Å²) >= 11 is 0. The zero-order valence-electron chi connectivity index (χ0n) is 9.84. The van der Waals surface area contributed by atoms with Gasteiger partial charge in [0.2, 0.25) is 5.95 Å². The third-order valence-corrected chi connectivity index (χ3v) is 3.30. The summed E-state index contributed by atoms with van der Waals surface area (Å²) in [5, 5.41) is 0. The molecule has 1 fully saturated rings. The zero-order valence-corrected chi connectivity index (χ0v) is 9.84. The molecule has 3 heterocycles. The summed E-state index contributed by atoms with van der Waals surface area (Å²) in [4.78, 5) is 8.73. The van der Waals surface area contributed by atoms with Gasteiger partial charge in [-0.05, 0) is 31.9 Å². The van der Waals surface area contributed by atoms with Crippen LogP contribution in [0.2, 0.25) is 0 Å². The monoisotopic (exact) mass is 232 g/mol. The third kappa shape index (κ3) is 1.76. The van der Waals surface area contributed by atoms with Crippen LogP contribution in [-0.4, -0.2) is 27.2 Å². The van der Waals surface area contributed by atoms with E-state index < -0.39 is 0 Å². The quantitative estimate of drug-likeness (QED) is 0.813. The average Bonchev–Trinajstić information content (AvgIpc) is 2.64. The van der Waals surface area contributed by atoms with Crippen molar-refractivity contribution < 1.29 is 4.74 Å². The minimum Gasteiger partial charge on any atom is -0.378 e. The summed E-state index contributed by atoms with van der Waals surface area (Å²) in [6.45, 7) is 2.87. The van der Waals surface area contributed by atoms with Gasteiger partial charge in [-0.15, -0.1) is 0 Å². The Morgan fingerprint density at radius 3 is 3.24 bits per heavy atom. The number of rotatable bonds is 1. The number of nitrogens with two attached hydrogens (primary N) is 1. The first-order valence-corrected chi connectivity index (χ1v) is 5.95. The van der Waals surface area contributed by atoms with Crippen LogP contribution >= 0.6 is 0 Å². The van der Waals surface area contributed by atoms with Gasteiger partial charge in [-0.3, -0.25) is 4.57 Å². The summed E-state index contributed by atoms with van der Waals surface area (Å²) in [5.74, 6) is 0.554. The SMILES string of the molecule is CC1CC(n2c(N)nc3cccnc32)CCO1. The fourth-order valence-corrected chi connectivity index (χ4v) is 2.52. The topological polar surface area (TPSA) is 66.0 Å². The molecule has 90 valence electrons. The summed E-state index contributed by atoms with van der Waals surface area (Å²) in [7, 11) is 0. The van der Waals surface area contributed by atoms with Crippen molar-refractivity contribution in [3.8, 4) is 0 Å². The van der Waals surface area contributed by atoms with Crippen LogP contribution < -0.4 is 5.73 Å². The molecule has 0 bridgehead atoms. The molecule has 1 aliphatic heterocycles. The molecular weight excluding hydrogens is 216 g/mol. The number of hydrogen-bond donors (Lipinski definition) is 1. The van der Waals surface area contributed by atoms with Crippen molar-refractivity contribution in [2.45, 2.75) is 31.9 Å². The molecule has 2 unspecified atom stereocenters. The van der Waals surface area contributed by atoms with Gasteiger partial charge in [0.25, 0.3) is 0 Å². The van der Waals surface area contributed by atoms with Gasteiger partial charge < -0.3 is 10.5 Å². The molecule has 0 amide bonds. The van der Waals surface area contributed by atoms with E-state index in [0.29, 0.717) is 12.0 Å². The molecule has 2 aromatic rings. The molecule has 5 heteroatoms. The summed E-state index contributed by atoms with van der Waals surface area (Å²) in [6.07, 6.45) is 3.99. The second-order valence-electron chi connectivity index (χ2n) is 4.55. The first-order chi connectivity index (χ1) is 8.25. The van der Waals surface area contributed by atoms with Crippen molar-refractivity contribution in [3.63, 3.8) is 0 Å². The Labute approximate surface area is 99.6 Å². The van der Waals surface area contributed by atoms with Gasteiger partial charge in [0.05, 0.1) is 6.10 Å². The molecule has 3 rings (SSSR count). The van der Waals surface area contributed by atoms with Crippen LogP contribution in [0, 0.1) is 0 Å². The van der Waals surface area contributed by atoms with Crippen LogP contribution in [0.15, 0.2) is 18.3 Å². The van der Waals surface area contributed by atoms with Gasteiger partial charge in [0.1, 0.15) is 5.52 Å². The number of pyridine rings is 1. The van der Waals surface area contributed by atoms with E-state index in [2.05, 4.69) is 16.9 Å². The minimum absolute atomic E-state index is 0.273. The van der Waals surface area contributed by atoms with E-state index in [1.165, 1.54) is 0 Å². The lowest BCUT2D eigenvalue weighted by Crippen LogP contribution is -2.26. The molecule has 1 saturated heterocycles. The maximum atomic E-state index is 6.00. The molecule has 2 aromatic heterocycles. The lowest BCUT2D eigenvalue weighted by Gasteiger charge is -2.28. The lowest BCUT2D eigenvalue weighted by molar-refractivity contribution is 0.00705. The number of ether oxygens (including phenoxy) is 1. The number of nitrogen functional groups attached to an aromatic ring is 1. The number of hydrogen-bond acceptors (Lipinski definition) is 4. The first-order valence-electron chi connectivity index (χ1n) is 5.95. The fraction of sp³-hybridized carbons (Fsp3) is 0.500. The first kappa shape index (κ1) is 10.5. The zero-order chi connectivity index (χ0) is 11.8. The van der Waals surface area contributed by atoms with Crippen LogP contribution in [0.1, 0.15) is 25.8 Å². The average molecular weight is 232 g/mol. The molecule has 0 saturated carbocycles. The Morgan fingerprint density at radius 2 is 2.41 bits per heavy atom. The standard InChI is InChI=1S/C12H16N4O/c1-8-7-9(4-6-17-8)16-11-10(15-12(16)13)3-2-5-14-11/h2-3,5,8-9H,4,6-7H2,1H3,(H2,13,15). The van der Waals surface area contributed by atoms with E-state index in [-0.39, 0.29) is 6.10 Å². The second-order valence-corrected chi connectivity index (χ2v) is 4.55. The van der Waals surface area contributed by atoms with E-state index in [0.717, 1.165) is 30.6 Å². The number of aromatic nitrogens is 3. The van der Waals surface area contributed by atoms with Crippen LogP contribution in [0.25, 0.3) is 11.2 Å². The Morgan fingerprint density at radius 1 is 1.53 bits per heavy atom. The molecule has 1 aliphatic rings. The van der Waals surface area contributed by atoms with Crippen molar-refractivity contribution in [1.29, 1.82) is 0 Å². The van der Waals surface area contributed by atoms with Crippen molar-refractivity contribution in [2.75, 3.05) is 12.3 Å². The lowest BCUT2D eigenvalue weighted by atomic mass is 10.0. The molecule has 2 N–H and O–H groups in total. The van der Waals surface area contributed by atoms with Crippen LogP contribution in [0.4, 0.5) is 5.95 Å². The number of nitrogens with zero attached hydrogens (tertiary/aromatic N) is 3. The minimum atomic E-state index is 0.273. The van der Waals surface area contributed by atoms with E-state index in [9.17, 15) is 0 Å². The van der Waals surface area contributed by atoms with Gasteiger partial charge in [-0.1, -0.05) is 0 Å². The van der Waals surface area contributed by atoms with Crippen LogP contribution in [0.5, 0.6) is 0 Å². The van der Waals surface area contributed by atoms with Crippen molar-refractivity contribution in [2.24, 2.45) is 0 Å². The number of anilines is 1. The van der Waals surface area contributed by atoms with Gasteiger partial charge in [0, 0.05) is 18.8 Å². The normalized spacial score (nSPS) is 25.2. The fourth-order valence-electron chi connectivity index (χ4n) is 2.52. The van der Waals surface area contributed by atoms with Crippen molar-refractivity contribution >= 4 is 17.1 Å². The Bertz CT molecular complexity index is 536. The maximum Gasteiger partial charge on any atom is 0.202 e. The molecule has 0 aromatic carbocycles. The van der Waals surface area contributed by atoms with Gasteiger partial charge in [-0.25, -0.2) is 9.97 Å². The van der Waals surface area contributed by atoms with Crippen LogP contribution in [0.3, 0.4) is 0 Å². The predicted molar refractivity (Wildman–Crippen MR) is 65.6 cm³/mol. The summed E-state index contributed by atoms with van der Waals surface area (Å²) in [6, 6.07) is 4.17. The predicted octanol–water partition coefficient (Wildman–Crippen LogP) is 1.75. The highest BCUT2D eigenvalue weighted by molar-refractivity contribution is 5.73. The molecule has 0 aliphatic carbocycles. The largest absolute Gasteiger partial charge is 0.378 e. The van der Waals surface area contributed by atoms with E-state index >= 15 is 0 Å². The van der Waals surface area contributed by atoms with Crippen LogP contribution in [-0.2, 0) is 4.74 Å².